The minimum atomic E-state index is 0.0209. The van der Waals surface area contributed by atoms with E-state index in [2.05, 4.69) is 67.6 Å². The molecule has 0 unspecified atom stereocenters. The van der Waals surface area contributed by atoms with Gasteiger partial charge in [0.05, 0.1) is 0 Å². The number of hydrogen-bond donors (Lipinski definition) is 1. The Morgan fingerprint density at radius 2 is 1.75 bits per heavy atom. The molecule has 0 radical (unpaired) electrons. The van der Waals surface area contributed by atoms with Crippen LogP contribution >= 0.6 is 22.6 Å². The molecule has 1 aliphatic rings. The summed E-state index contributed by atoms with van der Waals surface area (Å²) in [5.74, 6) is 0.848. The molecular weight excluding hydrogens is 357 g/mol. The number of rotatable bonds is 4. The fraction of sp³-hybridized carbons (Fsp3) is 0.667. The first-order chi connectivity index (χ1) is 9.35. The van der Waals surface area contributed by atoms with Crippen LogP contribution in [0.25, 0.3) is 0 Å². The lowest BCUT2D eigenvalue weighted by Crippen LogP contribution is -2.47. The number of nitrogens with two attached hydrogens (primary N) is 1. The van der Waals surface area contributed by atoms with Crippen molar-refractivity contribution in [2.45, 2.75) is 64.8 Å². The lowest BCUT2D eigenvalue weighted by molar-refractivity contribution is 0.115. The van der Waals surface area contributed by atoms with Crippen molar-refractivity contribution in [1.29, 1.82) is 0 Å². The van der Waals surface area contributed by atoms with Crippen molar-refractivity contribution in [2.75, 3.05) is 0 Å². The van der Waals surface area contributed by atoms with Crippen molar-refractivity contribution in [1.82, 2.24) is 0 Å². The summed E-state index contributed by atoms with van der Waals surface area (Å²) >= 11 is 2.36. The molecule has 1 fully saturated rings. The SMILES string of the molecule is CCC(C)(C)C1CCC(N)(Cc2ccc(I)cc2)CC1. The standard InChI is InChI=1S/C18H28IN/c1-4-17(2,3)15-9-11-18(20,12-10-15)13-14-5-7-16(19)8-6-14/h5-8,15H,4,9-13,20H2,1-3H3. The maximum Gasteiger partial charge on any atom is 0.0195 e. The highest BCUT2D eigenvalue weighted by Gasteiger charge is 2.37. The third-order valence-electron chi connectivity index (χ3n) is 5.47. The van der Waals surface area contributed by atoms with Gasteiger partial charge in [0.2, 0.25) is 0 Å². The molecule has 1 aliphatic carbocycles. The first-order valence-electron chi connectivity index (χ1n) is 7.88. The van der Waals surface area contributed by atoms with Crippen LogP contribution in [0.5, 0.6) is 0 Å². The summed E-state index contributed by atoms with van der Waals surface area (Å²) in [7, 11) is 0. The summed E-state index contributed by atoms with van der Waals surface area (Å²) in [6.45, 7) is 7.15. The van der Waals surface area contributed by atoms with Crippen LogP contribution in [-0.2, 0) is 6.42 Å². The molecule has 0 aliphatic heterocycles. The first kappa shape index (κ1) is 16.3. The highest BCUT2D eigenvalue weighted by molar-refractivity contribution is 14.1. The van der Waals surface area contributed by atoms with Gasteiger partial charge in [-0.2, -0.15) is 0 Å². The number of hydrogen-bond acceptors (Lipinski definition) is 1. The zero-order chi connectivity index (χ0) is 14.8. The van der Waals surface area contributed by atoms with Crippen molar-refractivity contribution in [3.63, 3.8) is 0 Å². The zero-order valence-corrected chi connectivity index (χ0v) is 15.2. The molecule has 1 saturated carbocycles. The molecule has 112 valence electrons. The van der Waals surface area contributed by atoms with Gasteiger partial charge >= 0.3 is 0 Å². The monoisotopic (exact) mass is 385 g/mol. The molecule has 0 spiro atoms. The first-order valence-corrected chi connectivity index (χ1v) is 8.96. The number of benzene rings is 1. The summed E-state index contributed by atoms with van der Waals surface area (Å²) in [6, 6.07) is 8.84. The van der Waals surface area contributed by atoms with Crippen LogP contribution in [-0.4, -0.2) is 5.54 Å². The Kier molecular flexibility index (Phi) is 5.17. The Morgan fingerprint density at radius 1 is 1.20 bits per heavy atom. The third-order valence-corrected chi connectivity index (χ3v) is 6.19. The molecule has 2 N–H and O–H groups in total. The summed E-state index contributed by atoms with van der Waals surface area (Å²) in [5, 5.41) is 0. The molecular formula is C18H28IN. The van der Waals surface area contributed by atoms with E-state index in [1.807, 2.05) is 0 Å². The van der Waals surface area contributed by atoms with Gasteiger partial charge in [0.1, 0.15) is 0 Å². The summed E-state index contributed by atoms with van der Waals surface area (Å²) < 4.78 is 1.30. The van der Waals surface area contributed by atoms with Crippen LogP contribution in [0.4, 0.5) is 0 Å². The Labute approximate surface area is 137 Å². The van der Waals surface area contributed by atoms with Gasteiger partial charge in [-0.1, -0.05) is 39.3 Å². The summed E-state index contributed by atoms with van der Waals surface area (Å²) in [5.41, 5.74) is 8.56. The summed E-state index contributed by atoms with van der Waals surface area (Å²) in [4.78, 5) is 0. The van der Waals surface area contributed by atoms with Gasteiger partial charge in [0.15, 0.2) is 0 Å². The zero-order valence-electron chi connectivity index (χ0n) is 13.1. The lowest BCUT2D eigenvalue weighted by Gasteiger charge is -2.43. The summed E-state index contributed by atoms with van der Waals surface area (Å²) in [6.07, 6.45) is 7.24. The average molecular weight is 385 g/mol. The van der Waals surface area contributed by atoms with Crippen LogP contribution in [0.2, 0.25) is 0 Å². The molecule has 0 atom stereocenters. The van der Waals surface area contributed by atoms with E-state index in [9.17, 15) is 0 Å². The molecule has 1 aromatic rings. The second-order valence-corrected chi connectivity index (χ2v) is 8.53. The van der Waals surface area contributed by atoms with Crippen LogP contribution in [0.1, 0.15) is 58.4 Å². The van der Waals surface area contributed by atoms with Crippen molar-refractivity contribution in [3.05, 3.63) is 33.4 Å². The molecule has 0 heterocycles. The predicted octanol–water partition coefficient (Wildman–Crippen LogP) is 5.16. The fourth-order valence-electron chi connectivity index (χ4n) is 3.45. The van der Waals surface area contributed by atoms with Crippen LogP contribution in [0.3, 0.4) is 0 Å². The van der Waals surface area contributed by atoms with Gasteiger partial charge in [-0.3, -0.25) is 0 Å². The van der Waals surface area contributed by atoms with E-state index in [0.717, 1.165) is 12.3 Å². The van der Waals surface area contributed by atoms with Crippen molar-refractivity contribution in [3.8, 4) is 0 Å². The van der Waals surface area contributed by atoms with Gasteiger partial charge in [-0.15, -0.1) is 0 Å². The van der Waals surface area contributed by atoms with E-state index in [0.29, 0.717) is 5.41 Å². The molecule has 2 rings (SSSR count). The van der Waals surface area contributed by atoms with Crippen molar-refractivity contribution < 1.29 is 0 Å². The fourth-order valence-corrected chi connectivity index (χ4v) is 3.81. The lowest BCUT2D eigenvalue weighted by atomic mass is 9.65. The van der Waals surface area contributed by atoms with E-state index in [4.69, 9.17) is 5.73 Å². The Hall–Kier alpha value is -0.0900. The second kappa shape index (κ2) is 6.35. The minimum Gasteiger partial charge on any atom is -0.325 e. The molecule has 0 bridgehead atoms. The number of halogens is 1. The maximum absolute atomic E-state index is 6.67. The Balaban J connectivity index is 1.96. The topological polar surface area (TPSA) is 26.0 Å². The van der Waals surface area contributed by atoms with Crippen molar-refractivity contribution >= 4 is 22.6 Å². The van der Waals surface area contributed by atoms with Gasteiger partial charge in [-0.25, -0.2) is 0 Å². The van der Waals surface area contributed by atoms with E-state index in [1.54, 1.807) is 0 Å². The highest BCUT2D eigenvalue weighted by Crippen LogP contribution is 2.43. The molecule has 2 heteroatoms. The predicted molar refractivity (Wildman–Crippen MR) is 95.8 cm³/mol. The van der Waals surface area contributed by atoms with Crippen LogP contribution in [0.15, 0.2) is 24.3 Å². The normalized spacial score (nSPS) is 27.6. The van der Waals surface area contributed by atoms with Gasteiger partial charge in [0.25, 0.3) is 0 Å². The minimum absolute atomic E-state index is 0.0209. The smallest absolute Gasteiger partial charge is 0.0195 e. The van der Waals surface area contributed by atoms with E-state index in [-0.39, 0.29) is 5.54 Å². The second-order valence-electron chi connectivity index (χ2n) is 7.28. The van der Waals surface area contributed by atoms with E-state index in [1.165, 1.54) is 41.2 Å². The Morgan fingerprint density at radius 3 is 2.25 bits per heavy atom. The molecule has 1 nitrogen and oxygen atoms in total. The molecule has 20 heavy (non-hydrogen) atoms. The molecule has 0 amide bonds. The highest BCUT2D eigenvalue weighted by atomic mass is 127. The molecule has 1 aromatic carbocycles. The quantitative estimate of drug-likeness (QED) is 0.712. The van der Waals surface area contributed by atoms with Gasteiger partial charge in [0, 0.05) is 9.11 Å². The third kappa shape index (κ3) is 3.97. The Bertz CT molecular complexity index is 427. The van der Waals surface area contributed by atoms with Crippen molar-refractivity contribution in [2.24, 2.45) is 17.1 Å². The van der Waals surface area contributed by atoms with Crippen LogP contribution < -0.4 is 5.73 Å². The largest absolute Gasteiger partial charge is 0.325 e. The van der Waals surface area contributed by atoms with E-state index >= 15 is 0 Å². The molecule has 0 aromatic heterocycles. The van der Waals surface area contributed by atoms with Gasteiger partial charge in [-0.05, 0) is 83.7 Å². The van der Waals surface area contributed by atoms with Gasteiger partial charge < -0.3 is 5.73 Å². The van der Waals surface area contributed by atoms with Crippen LogP contribution in [0, 0.1) is 14.9 Å². The average Bonchev–Trinajstić information content (AvgIpc) is 2.42. The maximum atomic E-state index is 6.67. The molecule has 0 saturated heterocycles. The van der Waals surface area contributed by atoms with E-state index < -0.39 is 0 Å².